The minimum absolute atomic E-state index is 0.0115. The lowest BCUT2D eigenvalue weighted by molar-refractivity contribution is -0.132. The van der Waals surface area contributed by atoms with Crippen LogP contribution in [-0.4, -0.2) is 44.0 Å². The van der Waals surface area contributed by atoms with Gasteiger partial charge in [-0.25, -0.2) is 14.8 Å². The van der Waals surface area contributed by atoms with Gasteiger partial charge in [0.1, 0.15) is 0 Å². The van der Waals surface area contributed by atoms with Crippen LogP contribution in [0.4, 0.5) is 9.93 Å². The zero-order valence-electron chi connectivity index (χ0n) is 18.2. The molecule has 3 aromatic rings. The first-order valence-electron chi connectivity index (χ1n) is 11.3. The van der Waals surface area contributed by atoms with Crippen molar-refractivity contribution < 1.29 is 9.59 Å². The van der Waals surface area contributed by atoms with Crippen LogP contribution in [0.25, 0.3) is 10.9 Å². The molecule has 172 valence electrons. The molecule has 0 radical (unpaired) electrons. The van der Waals surface area contributed by atoms with E-state index < -0.39 is 0 Å². The van der Waals surface area contributed by atoms with Crippen molar-refractivity contribution in [3.63, 3.8) is 0 Å². The number of benzene rings is 1. The van der Waals surface area contributed by atoms with Crippen LogP contribution in [0.5, 0.6) is 0 Å². The second-order valence-electron chi connectivity index (χ2n) is 8.54. The van der Waals surface area contributed by atoms with E-state index in [0.717, 1.165) is 36.3 Å². The van der Waals surface area contributed by atoms with Gasteiger partial charge in [0.2, 0.25) is 5.91 Å². The summed E-state index contributed by atoms with van der Waals surface area (Å²) in [5.41, 5.74) is 1.46. The number of thiazole rings is 1. The van der Waals surface area contributed by atoms with E-state index in [1.165, 1.54) is 22.2 Å². The van der Waals surface area contributed by atoms with E-state index in [4.69, 9.17) is 0 Å². The fraction of sp³-hybridized carbons (Fsp3) is 0.435. The van der Waals surface area contributed by atoms with Crippen molar-refractivity contribution in [2.45, 2.75) is 57.7 Å². The maximum absolute atomic E-state index is 12.8. The number of fused-ring (bicyclic) bond motifs is 2. The van der Waals surface area contributed by atoms with E-state index in [1.54, 1.807) is 17.0 Å². The molecule has 2 aliphatic rings. The number of anilines is 1. The SMILES string of the molecule is O=C(Nc1nc2c(s1)CN(C(=O)CCn1cnc3ccccc3c1=O)CC2)NC1CCCC1. The highest BCUT2D eigenvalue weighted by atomic mass is 32.1. The number of aromatic nitrogens is 3. The minimum atomic E-state index is -0.213. The molecule has 1 aliphatic heterocycles. The Kier molecular flexibility index (Phi) is 6.08. The van der Waals surface area contributed by atoms with Gasteiger partial charge >= 0.3 is 6.03 Å². The largest absolute Gasteiger partial charge is 0.337 e. The van der Waals surface area contributed by atoms with Crippen LogP contribution >= 0.6 is 11.3 Å². The van der Waals surface area contributed by atoms with Gasteiger partial charge in [0.15, 0.2) is 5.13 Å². The molecule has 0 unspecified atom stereocenters. The van der Waals surface area contributed by atoms with E-state index in [2.05, 4.69) is 20.6 Å². The lowest BCUT2D eigenvalue weighted by atomic mass is 10.1. The summed E-state index contributed by atoms with van der Waals surface area (Å²) in [6.45, 7) is 1.34. The third kappa shape index (κ3) is 4.75. The van der Waals surface area contributed by atoms with Crippen molar-refractivity contribution in [3.05, 3.63) is 51.5 Å². The Morgan fingerprint density at radius 1 is 1.18 bits per heavy atom. The van der Waals surface area contributed by atoms with Crippen molar-refractivity contribution in [2.75, 3.05) is 11.9 Å². The van der Waals surface area contributed by atoms with Crippen LogP contribution in [-0.2, 0) is 24.3 Å². The number of aryl methyl sites for hydroxylation is 1. The highest BCUT2D eigenvalue weighted by Gasteiger charge is 2.25. The predicted octanol–water partition coefficient (Wildman–Crippen LogP) is 2.89. The number of hydrogen-bond donors (Lipinski definition) is 2. The molecule has 2 aromatic heterocycles. The molecule has 1 aliphatic carbocycles. The molecule has 0 saturated heterocycles. The van der Waals surface area contributed by atoms with E-state index in [-0.39, 0.29) is 36.5 Å². The van der Waals surface area contributed by atoms with Crippen LogP contribution in [0.15, 0.2) is 35.4 Å². The van der Waals surface area contributed by atoms with Crippen LogP contribution in [0.1, 0.15) is 42.7 Å². The normalized spacial score (nSPS) is 16.1. The number of amides is 3. The Morgan fingerprint density at radius 3 is 2.85 bits per heavy atom. The second kappa shape index (κ2) is 9.30. The van der Waals surface area contributed by atoms with Gasteiger partial charge in [0, 0.05) is 36.9 Å². The molecule has 1 saturated carbocycles. The Bertz CT molecular complexity index is 1250. The Labute approximate surface area is 194 Å². The first kappa shape index (κ1) is 21.6. The predicted molar refractivity (Wildman–Crippen MR) is 126 cm³/mol. The average molecular weight is 467 g/mol. The maximum Gasteiger partial charge on any atom is 0.321 e. The molecule has 9 nitrogen and oxygen atoms in total. The standard InChI is InChI=1S/C23H26N6O3S/c30-20(10-12-29-14-24-17-8-4-3-7-16(17)21(29)31)28-11-9-18-19(13-28)33-23(26-18)27-22(32)25-15-5-1-2-6-15/h3-4,7-8,14-15H,1-2,5-6,9-13H2,(H2,25,26,27,32). The highest BCUT2D eigenvalue weighted by Crippen LogP contribution is 2.29. The van der Waals surface area contributed by atoms with Gasteiger partial charge in [-0.1, -0.05) is 36.3 Å². The molecule has 3 amide bonds. The third-order valence-electron chi connectivity index (χ3n) is 6.29. The Hall–Kier alpha value is -3.27. The van der Waals surface area contributed by atoms with Crippen LogP contribution in [0.3, 0.4) is 0 Å². The Morgan fingerprint density at radius 2 is 2.00 bits per heavy atom. The monoisotopic (exact) mass is 466 g/mol. The van der Waals surface area contributed by atoms with Gasteiger partial charge in [-0.05, 0) is 25.0 Å². The van der Waals surface area contributed by atoms with Crippen LogP contribution in [0.2, 0.25) is 0 Å². The maximum atomic E-state index is 12.8. The van der Waals surface area contributed by atoms with E-state index in [9.17, 15) is 14.4 Å². The number of carbonyl (C=O) groups is 2. The molecular formula is C23H26N6O3S. The number of carbonyl (C=O) groups excluding carboxylic acids is 2. The average Bonchev–Trinajstić information content (AvgIpc) is 3.47. The van der Waals surface area contributed by atoms with Gasteiger partial charge in [-0.3, -0.25) is 19.5 Å². The second-order valence-corrected chi connectivity index (χ2v) is 9.63. The summed E-state index contributed by atoms with van der Waals surface area (Å²) in [4.78, 5) is 49.3. The van der Waals surface area contributed by atoms with Crippen molar-refractivity contribution in [1.82, 2.24) is 24.8 Å². The fourth-order valence-electron chi connectivity index (χ4n) is 4.49. The lowest BCUT2D eigenvalue weighted by Gasteiger charge is -2.26. The van der Waals surface area contributed by atoms with Crippen LogP contribution < -0.4 is 16.2 Å². The molecule has 2 N–H and O–H groups in total. The van der Waals surface area contributed by atoms with Crippen molar-refractivity contribution in [3.8, 4) is 0 Å². The molecule has 3 heterocycles. The summed E-state index contributed by atoms with van der Waals surface area (Å²) in [5.74, 6) is -0.0115. The Balaban J connectivity index is 1.18. The van der Waals surface area contributed by atoms with E-state index in [1.807, 2.05) is 12.1 Å². The fourth-order valence-corrected chi connectivity index (χ4v) is 5.51. The number of hydrogen-bond acceptors (Lipinski definition) is 6. The number of rotatable bonds is 5. The van der Waals surface area contributed by atoms with Crippen molar-refractivity contribution >= 4 is 39.3 Å². The summed E-state index contributed by atoms with van der Waals surface area (Å²) >= 11 is 1.42. The first-order valence-corrected chi connectivity index (χ1v) is 12.2. The number of para-hydroxylation sites is 1. The first-order chi connectivity index (χ1) is 16.1. The van der Waals surface area contributed by atoms with Gasteiger partial charge in [0.25, 0.3) is 5.56 Å². The third-order valence-corrected chi connectivity index (χ3v) is 7.29. The molecule has 1 aromatic carbocycles. The molecule has 1 fully saturated rings. The summed E-state index contributed by atoms with van der Waals surface area (Å²) in [6.07, 6.45) is 6.76. The molecule has 33 heavy (non-hydrogen) atoms. The van der Waals surface area contributed by atoms with Gasteiger partial charge in [-0.15, -0.1) is 0 Å². The topological polar surface area (TPSA) is 109 Å². The van der Waals surface area contributed by atoms with Gasteiger partial charge < -0.3 is 10.2 Å². The summed E-state index contributed by atoms with van der Waals surface area (Å²) in [6, 6.07) is 7.24. The van der Waals surface area contributed by atoms with E-state index >= 15 is 0 Å². The summed E-state index contributed by atoms with van der Waals surface area (Å²) in [7, 11) is 0. The zero-order valence-corrected chi connectivity index (χ0v) is 19.1. The van der Waals surface area contributed by atoms with Gasteiger partial charge in [0.05, 0.1) is 29.5 Å². The number of nitrogens with one attached hydrogen (secondary N) is 2. The molecule has 0 atom stereocenters. The molecule has 10 heteroatoms. The van der Waals surface area contributed by atoms with E-state index in [0.29, 0.717) is 35.5 Å². The zero-order chi connectivity index (χ0) is 22.8. The lowest BCUT2D eigenvalue weighted by Crippen LogP contribution is -2.36. The smallest absolute Gasteiger partial charge is 0.321 e. The molecule has 0 bridgehead atoms. The minimum Gasteiger partial charge on any atom is -0.337 e. The van der Waals surface area contributed by atoms with Crippen molar-refractivity contribution in [1.29, 1.82) is 0 Å². The molecular weight excluding hydrogens is 440 g/mol. The summed E-state index contributed by atoms with van der Waals surface area (Å²) < 4.78 is 1.49. The number of urea groups is 1. The van der Waals surface area contributed by atoms with Crippen LogP contribution in [0, 0.1) is 0 Å². The van der Waals surface area contributed by atoms with Gasteiger partial charge in [-0.2, -0.15) is 0 Å². The van der Waals surface area contributed by atoms with Crippen molar-refractivity contribution in [2.24, 2.45) is 0 Å². The molecule has 5 rings (SSSR count). The quantitative estimate of drug-likeness (QED) is 0.601. The number of nitrogens with zero attached hydrogens (tertiary/aromatic N) is 4. The highest BCUT2D eigenvalue weighted by molar-refractivity contribution is 7.15. The molecule has 0 spiro atoms. The summed E-state index contributed by atoms with van der Waals surface area (Å²) in [5, 5.41) is 6.97.